The first-order valence-electron chi connectivity index (χ1n) is 12.7. The average Bonchev–Trinajstić information content (AvgIpc) is 3.42. The minimum absolute atomic E-state index is 0. The molecule has 1 fully saturated rings. The van der Waals surface area contributed by atoms with Crippen LogP contribution in [0.4, 0.5) is 5.13 Å². The molecule has 2 aromatic heterocycles. The van der Waals surface area contributed by atoms with Crippen molar-refractivity contribution in [1.82, 2.24) is 20.2 Å². The maximum absolute atomic E-state index is 13.4. The number of carboxylic acid groups (broad SMARTS) is 2. The van der Waals surface area contributed by atoms with Gasteiger partial charge in [-0.05, 0) is 12.1 Å². The van der Waals surface area contributed by atoms with Gasteiger partial charge in [-0.1, -0.05) is 11.2 Å². The number of nitrogens with zero attached hydrogens (tertiary/aromatic N) is 3. The van der Waals surface area contributed by atoms with E-state index in [2.05, 4.69) is 20.4 Å². The molecule has 2 aliphatic heterocycles. The summed E-state index contributed by atoms with van der Waals surface area (Å²) in [6, 6.07) is 3.42. The molecule has 2 amide bonds. The van der Waals surface area contributed by atoms with Crippen molar-refractivity contribution in [2.75, 3.05) is 18.1 Å². The normalized spacial score (nSPS) is 17.8. The van der Waals surface area contributed by atoms with Crippen LogP contribution in [-0.4, -0.2) is 79.2 Å². The number of aromatic nitrogens is 2. The van der Waals surface area contributed by atoms with Gasteiger partial charge in [0.25, 0.3) is 11.8 Å². The van der Waals surface area contributed by atoms with E-state index in [1.807, 2.05) is 0 Å². The van der Waals surface area contributed by atoms with Gasteiger partial charge >= 0.3 is 65.1 Å². The molecule has 5 rings (SSSR count). The summed E-state index contributed by atoms with van der Waals surface area (Å²) in [4.78, 5) is 86.0. The summed E-state index contributed by atoms with van der Waals surface area (Å²) < 4.78 is 4.88. The Morgan fingerprint density at radius 3 is 2.55 bits per heavy atom. The van der Waals surface area contributed by atoms with E-state index in [9.17, 15) is 44.1 Å². The fourth-order valence-corrected chi connectivity index (χ4v) is 6.48. The Labute approximate surface area is 316 Å². The van der Waals surface area contributed by atoms with Crippen LogP contribution < -0.4 is 85.9 Å². The molecule has 0 spiro atoms. The number of phenolic OH excluding ortho intramolecular Hbond substituents is 1. The Balaban J connectivity index is 0.00000300. The molecule has 1 aromatic carbocycles. The van der Waals surface area contributed by atoms with Crippen LogP contribution >= 0.6 is 23.1 Å². The topological polar surface area (TPSA) is 270 Å². The molecule has 0 aliphatic carbocycles. The minimum Gasteiger partial charge on any atom is -0.546 e. The van der Waals surface area contributed by atoms with Gasteiger partial charge in [0.15, 0.2) is 16.9 Å². The standard InChI is InChI=1S/C26H22N6O11S2.2Na/c1-9(33)42-6-10-7-44-23-18(22(37)32(23)19(10)24(38)39)30-21(36)17(13-8-45-26(27)28-13)31-43-20(25(40)41)12-2-4-14(34)16-11(12)3-5-15(35)29-16;;/h2-5,8,18,20,23,34H,6-7H2,1H3,(H2,27,28)(H,29,35)(H,30,36)(H,38,39)(H,40,41);;/q;2*+1/p-2/b31-17-;;/t18-,20?,23+;;/m0../s1. The second-order valence-electron chi connectivity index (χ2n) is 9.48. The number of H-pyrrole nitrogens is 1. The average molecular weight is 703 g/mol. The zero-order valence-electron chi connectivity index (χ0n) is 24.8. The molecule has 234 valence electrons. The van der Waals surface area contributed by atoms with Crippen molar-refractivity contribution in [3.63, 3.8) is 0 Å². The van der Waals surface area contributed by atoms with Crippen LogP contribution in [0.25, 0.3) is 10.9 Å². The molecule has 2 aliphatic rings. The number of benzene rings is 1. The van der Waals surface area contributed by atoms with Gasteiger partial charge in [-0.15, -0.1) is 23.1 Å². The number of nitrogen functional groups attached to an aromatic ring is 1. The number of pyridine rings is 1. The molecular weight excluding hydrogens is 682 g/mol. The number of aromatic hydroxyl groups is 1. The number of rotatable bonds is 10. The van der Waals surface area contributed by atoms with E-state index in [1.54, 1.807) is 0 Å². The summed E-state index contributed by atoms with van der Waals surface area (Å²) in [6.45, 7) is 0.770. The zero-order chi connectivity index (χ0) is 32.6. The van der Waals surface area contributed by atoms with Gasteiger partial charge in [-0.2, -0.15) is 0 Å². The van der Waals surface area contributed by atoms with Crippen molar-refractivity contribution in [3.8, 4) is 5.75 Å². The molecule has 3 atom stereocenters. The Hall–Kier alpha value is -3.43. The molecule has 0 bridgehead atoms. The number of esters is 1. The Morgan fingerprint density at radius 2 is 1.94 bits per heavy atom. The number of nitrogens with two attached hydrogens (primary N) is 1. The van der Waals surface area contributed by atoms with Crippen molar-refractivity contribution in [2.24, 2.45) is 5.16 Å². The quantitative estimate of drug-likeness (QED) is 0.0503. The van der Waals surface area contributed by atoms with Crippen molar-refractivity contribution < 1.29 is 108 Å². The number of oxime groups is 1. The van der Waals surface area contributed by atoms with E-state index in [-0.39, 0.29) is 110 Å². The number of phenols is 1. The van der Waals surface area contributed by atoms with Crippen LogP contribution in [0.1, 0.15) is 24.3 Å². The first-order chi connectivity index (χ1) is 21.4. The smallest absolute Gasteiger partial charge is 0.546 e. The first kappa shape index (κ1) is 38.0. The molecule has 1 saturated heterocycles. The largest absolute Gasteiger partial charge is 1.00 e. The van der Waals surface area contributed by atoms with Gasteiger partial charge in [0, 0.05) is 40.6 Å². The second-order valence-corrected chi connectivity index (χ2v) is 11.5. The Morgan fingerprint density at radius 1 is 1.21 bits per heavy atom. The number of carbonyl (C=O) groups excluding carboxylic acids is 5. The number of hydrogen-bond donors (Lipinski definition) is 4. The van der Waals surface area contributed by atoms with Crippen LogP contribution in [-0.2, 0) is 33.5 Å². The number of hydrogen-bond acceptors (Lipinski definition) is 16. The van der Waals surface area contributed by atoms with Crippen molar-refractivity contribution in [2.45, 2.75) is 24.4 Å². The van der Waals surface area contributed by atoms with E-state index < -0.39 is 64.2 Å². The predicted molar refractivity (Wildman–Crippen MR) is 152 cm³/mol. The summed E-state index contributed by atoms with van der Waals surface area (Å²) in [7, 11) is 0. The second kappa shape index (κ2) is 15.6. The third-order valence-corrected chi connectivity index (χ3v) is 8.62. The van der Waals surface area contributed by atoms with Gasteiger partial charge in [-0.25, -0.2) is 4.98 Å². The summed E-state index contributed by atoms with van der Waals surface area (Å²) in [5, 5.41) is 40.9. The predicted octanol–water partition coefficient (Wildman–Crippen LogP) is -8.54. The summed E-state index contributed by atoms with van der Waals surface area (Å²) in [5.74, 6) is -6.27. The number of carbonyl (C=O) groups is 5. The minimum atomic E-state index is -1.96. The van der Waals surface area contributed by atoms with Crippen molar-refractivity contribution in [3.05, 3.63) is 62.5 Å². The van der Waals surface area contributed by atoms with Crippen LogP contribution in [0.3, 0.4) is 0 Å². The third kappa shape index (κ3) is 7.83. The van der Waals surface area contributed by atoms with Gasteiger partial charge in [0.2, 0.25) is 5.56 Å². The maximum Gasteiger partial charge on any atom is 1.00 e. The van der Waals surface area contributed by atoms with Gasteiger partial charge in [-0.3, -0.25) is 24.1 Å². The fourth-order valence-electron chi connectivity index (χ4n) is 4.60. The molecule has 17 nitrogen and oxygen atoms in total. The number of β-lactam (4-membered cyclic amide) rings is 1. The summed E-state index contributed by atoms with van der Waals surface area (Å²) >= 11 is 2.02. The number of aliphatic carboxylic acids is 2. The molecule has 1 unspecified atom stereocenters. The van der Waals surface area contributed by atoms with E-state index in [1.165, 1.54) is 17.5 Å². The number of nitrogens with one attached hydrogen (secondary N) is 2. The van der Waals surface area contributed by atoms with Crippen LogP contribution in [0.5, 0.6) is 5.75 Å². The molecule has 3 aromatic rings. The van der Waals surface area contributed by atoms with E-state index in [0.29, 0.717) is 0 Å². The van der Waals surface area contributed by atoms with Crippen LogP contribution in [0, 0.1) is 0 Å². The first-order valence-corrected chi connectivity index (χ1v) is 14.6. The number of anilines is 1. The van der Waals surface area contributed by atoms with E-state index in [4.69, 9.17) is 15.3 Å². The van der Waals surface area contributed by atoms with Crippen LogP contribution in [0.15, 0.2) is 50.9 Å². The molecule has 0 saturated carbocycles. The molecule has 0 radical (unpaired) electrons. The molecule has 4 heterocycles. The number of fused-ring (bicyclic) bond motifs is 2. The SMILES string of the molecule is CC(=O)OCC1=C(C(=O)[O-])N2C(=O)[C@H](NC(=O)/C(=N\OC(C(=O)[O-])c3ccc(O)c4[nH]c(=O)ccc34)c3csc(N)n3)[C@H]2SC1.[Na+].[Na+]. The molecule has 47 heavy (non-hydrogen) atoms. The maximum atomic E-state index is 13.4. The fraction of sp³-hybridized carbons (Fsp3) is 0.231. The Kier molecular flexibility index (Phi) is 12.7. The molecular formula is C26H20N6Na2O11S2. The van der Waals surface area contributed by atoms with E-state index >= 15 is 0 Å². The summed E-state index contributed by atoms with van der Waals surface area (Å²) in [5.41, 5.74) is 3.92. The zero-order valence-corrected chi connectivity index (χ0v) is 30.4. The van der Waals surface area contributed by atoms with Crippen molar-refractivity contribution >= 4 is 74.6 Å². The monoisotopic (exact) mass is 702 g/mol. The molecule has 21 heteroatoms. The number of thioether (sulfide) groups is 1. The number of carboxylic acids is 2. The van der Waals surface area contributed by atoms with Gasteiger partial charge < -0.3 is 50.5 Å². The third-order valence-electron chi connectivity index (χ3n) is 6.61. The summed E-state index contributed by atoms with van der Waals surface area (Å²) in [6.07, 6.45) is -1.96. The van der Waals surface area contributed by atoms with Gasteiger partial charge in [0.1, 0.15) is 29.5 Å². The van der Waals surface area contributed by atoms with Gasteiger partial charge in [0.05, 0.1) is 23.2 Å². The molecule has 5 N–H and O–H groups in total. The van der Waals surface area contributed by atoms with Crippen molar-refractivity contribution in [1.29, 1.82) is 0 Å². The van der Waals surface area contributed by atoms with E-state index in [0.717, 1.165) is 47.1 Å². The Bertz CT molecular complexity index is 1900. The number of ether oxygens (including phenoxy) is 1. The number of aromatic amines is 1. The number of thiazole rings is 1. The van der Waals surface area contributed by atoms with Crippen LogP contribution in [0.2, 0.25) is 0 Å². The number of amides is 2.